The van der Waals surface area contributed by atoms with Gasteiger partial charge in [-0.25, -0.2) is 0 Å². The van der Waals surface area contributed by atoms with Crippen molar-refractivity contribution in [2.24, 2.45) is 0 Å². The molecule has 3 heterocycles. The summed E-state index contributed by atoms with van der Waals surface area (Å²) in [6, 6.07) is 1.52. The van der Waals surface area contributed by atoms with Crippen LogP contribution < -0.4 is 0 Å². The Labute approximate surface area is 49.4 Å². The summed E-state index contributed by atoms with van der Waals surface area (Å²) in [5.74, 6) is 0. The highest BCUT2D eigenvalue weighted by molar-refractivity contribution is 4.93. The Morgan fingerprint density at radius 2 is 2.00 bits per heavy atom. The Morgan fingerprint density at radius 1 is 1.38 bits per heavy atom. The molecule has 0 unspecified atom stereocenters. The molecule has 3 aliphatic heterocycles. The van der Waals surface area contributed by atoms with E-state index in [0.717, 1.165) is 25.3 Å². The second-order valence-corrected chi connectivity index (χ2v) is 2.75. The average Bonchev–Trinajstić information content (AvgIpc) is 1.89. The lowest BCUT2D eigenvalue weighted by atomic mass is 9.93. The molecule has 8 heavy (non-hydrogen) atoms. The Bertz CT molecular complexity index is 90.7. The monoisotopic (exact) mass is 113 g/mol. The Morgan fingerprint density at radius 3 is 2.25 bits per heavy atom. The van der Waals surface area contributed by atoms with Gasteiger partial charge in [-0.05, 0) is 13.5 Å². The van der Waals surface area contributed by atoms with Crippen molar-refractivity contribution >= 4 is 0 Å². The number of nitrogens with zero attached hydrogens (tertiary/aromatic N) is 1. The first-order chi connectivity index (χ1) is 3.88. The number of likely N-dealkylation sites (N-methyl/N-ethyl adjacent to an activating group) is 1. The van der Waals surface area contributed by atoms with E-state index in [1.807, 2.05) is 0 Å². The molecule has 3 fully saturated rings. The Balaban J connectivity index is 2.03. The molecule has 2 heteroatoms. The maximum atomic E-state index is 5.26. The van der Waals surface area contributed by atoms with E-state index in [2.05, 4.69) is 11.9 Å². The van der Waals surface area contributed by atoms with Gasteiger partial charge in [-0.1, -0.05) is 0 Å². The highest BCUT2D eigenvalue weighted by Gasteiger charge is 2.39. The highest BCUT2D eigenvalue weighted by Crippen LogP contribution is 2.27. The van der Waals surface area contributed by atoms with Crippen LogP contribution in [0.2, 0.25) is 0 Å². The predicted octanol–water partition coefficient (Wildman–Crippen LogP) is 0.0893. The Hall–Kier alpha value is -0.0800. The zero-order valence-corrected chi connectivity index (χ0v) is 5.13. The lowest BCUT2D eigenvalue weighted by Crippen LogP contribution is -2.61. The smallest absolute Gasteiger partial charge is 0.0623 e. The zero-order chi connectivity index (χ0) is 5.56. The fraction of sp³-hybridized carbons (Fsp3) is 1.00. The van der Waals surface area contributed by atoms with Gasteiger partial charge in [-0.15, -0.1) is 0 Å². The minimum atomic E-state index is 0.758. The lowest BCUT2D eigenvalue weighted by Gasteiger charge is -2.50. The molecule has 3 aliphatic rings. The van der Waals surface area contributed by atoms with Gasteiger partial charge >= 0.3 is 0 Å². The van der Waals surface area contributed by atoms with E-state index in [4.69, 9.17) is 4.74 Å². The number of hydrogen-bond donors (Lipinski definition) is 0. The first kappa shape index (κ1) is 4.77. The number of rotatable bonds is 0. The molecular formula is C6H11NO. The first-order valence-corrected chi connectivity index (χ1v) is 3.17. The fourth-order valence-corrected chi connectivity index (χ4v) is 1.52. The summed E-state index contributed by atoms with van der Waals surface area (Å²) in [7, 11) is 2.18. The van der Waals surface area contributed by atoms with Crippen molar-refractivity contribution in [2.45, 2.75) is 18.5 Å². The van der Waals surface area contributed by atoms with E-state index >= 15 is 0 Å². The molecule has 0 saturated carbocycles. The molecule has 3 saturated heterocycles. The maximum Gasteiger partial charge on any atom is 0.0623 e. The second-order valence-electron chi connectivity index (χ2n) is 2.75. The normalized spacial score (nSPS) is 46.1. The third kappa shape index (κ3) is 0.446. The van der Waals surface area contributed by atoms with Crippen LogP contribution in [-0.4, -0.2) is 37.2 Å². The largest absolute Gasteiger partial charge is 0.378 e. The van der Waals surface area contributed by atoms with Crippen molar-refractivity contribution in [2.75, 3.05) is 20.3 Å². The van der Waals surface area contributed by atoms with Gasteiger partial charge in [0.05, 0.1) is 13.2 Å². The van der Waals surface area contributed by atoms with Gasteiger partial charge in [-0.3, -0.25) is 4.90 Å². The number of hydrogen-bond acceptors (Lipinski definition) is 2. The van der Waals surface area contributed by atoms with Crippen molar-refractivity contribution in [3.05, 3.63) is 0 Å². The standard InChI is InChI=1S/C6H11NO/c1-7-5-2-6(7)4-8-3-5/h5-6H,2-4H2,1H3/t5-,6+. The molecule has 3 rings (SSSR count). The zero-order valence-electron chi connectivity index (χ0n) is 5.13. The minimum absolute atomic E-state index is 0.758. The summed E-state index contributed by atoms with van der Waals surface area (Å²) in [4.78, 5) is 2.41. The number of fused-ring (bicyclic) bond motifs is 2. The van der Waals surface area contributed by atoms with E-state index in [-0.39, 0.29) is 0 Å². The van der Waals surface area contributed by atoms with E-state index in [9.17, 15) is 0 Å². The van der Waals surface area contributed by atoms with Gasteiger partial charge < -0.3 is 4.74 Å². The summed E-state index contributed by atoms with van der Waals surface area (Å²) >= 11 is 0. The molecule has 2 nitrogen and oxygen atoms in total. The van der Waals surface area contributed by atoms with Crippen molar-refractivity contribution in [1.82, 2.24) is 4.90 Å². The summed E-state index contributed by atoms with van der Waals surface area (Å²) in [6.07, 6.45) is 1.37. The van der Waals surface area contributed by atoms with Crippen LogP contribution in [-0.2, 0) is 4.74 Å². The molecule has 0 aliphatic carbocycles. The minimum Gasteiger partial charge on any atom is -0.378 e. The molecule has 0 N–H and O–H groups in total. The summed E-state index contributed by atoms with van der Waals surface area (Å²) in [6.45, 7) is 1.93. The maximum absolute atomic E-state index is 5.26. The molecule has 2 atom stereocenters. The van der Waals surface area contributed by atoms with Gasteiger partial charge in [0, 0.05) is 12.1 Å². The second kappa shape index (κ2) is 1.45. The van der Waals surface area contributed by atoms with Crippen LogP contribution in [0.4, 0.5) is 0 Å². The highest BCUT2D eigenvalue weighted by atomic mass is 16.5. The SMILES string of the molecule is CN1[C@@H]2COC[C@H]1C2. The van der Waals surface area contributed by atoms with Crippen LogP contribution in [0, 0.1) is 0 Å². The molecule has 0 aromatic rings. The quantitative estimate of drug-likeness (QED) is 0.441. The Kier molecular flexibility index (Phi) is 0.866. The van der Waals surface area contributed by atoms with Crippen LogP contribution >= 0.6 is 0 Å². The van der Waals surface area contributed by atoms with E-state index in [0.29, 0.717) is 0 Å². The van der Waals surface area contributed by atoms with Crippen LogP contribution in [0.5, 0.6) is 0 Å². The van der Waals surface area contributed by atoms with Crippen LogP contribution in [0.15, 0.2) is 0 Å². The number of morpholine rings is 1. The third-order valence-electron chi connectivity index (χ3n) is 2.32. The van der Waals surface area contributed by atoms with Gasteiger partial charge in [0.2, 0.25) is 0 Å². The number of ether oxygens (including phenoxy) is 1. The average molecular weight is 113 g/mol. The van der Waals surface area contributed by atoms with E-state index in [1.165, 1.54) is 6.42 Å². The summed E-state index contributed by atoms with van der Waals surface area (Å²) in [5, 5.41) is 0. The fourth-order valence-electron chi connectivity index (χ4n) is 1.52. The third-order valence-corrected chi connectivity index (χ3v) is 2.32. The van der Waals surface area contributed by atoms with Crippen molar-refractivity contribution in [3.63, 3.8) is 0 Å². The molecule has 46 valence electrons. The summed E-state index contributed by atoms with van der Waals surface area (Å²) < 4.78 is 5.26. The molecule has 0 amide bonds. The van der Waals surface area contributed by atoms with Crippen molar-refractivity contribution in [3.8, 4) is 0 Å². The molecule has 0 aromatic carbocycles. The molecule has 0 aromatic heterocycles. The van der Waals surface area contributed by atoms with Gasteiger partial charge in [-0.2, -0.15) is 0 Å². The van der Waals surface area contributed by atoms with E-state index in [1.54, 1.807) is 0 Å². The van der Waals surface area contributed by atoms with Crippen LogP contribution in [0.1, 0.15) is 6.42 Å². The first-order valence-electron chi connectivity index (χ1n) is 3.17. The van der Waals surface area contributed by atoms with Crippen molar-refractivity contribution < 1.29 is 4.74 Å². The summed E-state index contributed by atoms with van der Waals surface area (Å²) in [5.41, 5.74) is 0. The lowest BCUT2D eigenvalue weighted by molar-refractivity contribution is -0.113. The van der Waals surface area contributed by atoms with Gasteiger partial charge in [0.1, 0.15) is 0 Å². The van der Waals surface area contributed by atoms with Gasteiger partial charge in [0.15, 0.2) is 0 Å². The van der Waals surface area contributed by atoms with Crippen LogP contribution in [0.25, 0.3) is 0 Å². The van der Waals surface area contributed by atoms with Crippen molar-refractivity contribution in [1.29, 1.82) is 0 Å². The predicted molar refractivity (Wildman–Crippen MR) is 30.8 cm³/mol. The van der Waals surface area contributed by atoms with E-state index < -0.39 is 0 Å². The molecule has 0 radical (unpaired) electrons. The van der Waals surface area contributed by atoms with Crippen LogP contribution in [0.3, 0.4) is 0 Å². The van der Waals surface area contributed by atoms with Gasteiger partial charge in [0.25, 0.3) is 0 Å². The molecule has 2 bridgehead atoms. The molecule has 0 spiro atoms. The molecular weight excluding hydrogens is 102 g/mol. The topological polar surface area (TPSA) is 12.5 Å².